The Bertz CT molecular complexity index is 451. The smallest absolute Gasteiger partial charge is 0.00190 e. The Balaban J connectivity index is 1.68. The number of unbranched alkanes of at least 4 members (excludes halogenated alkanes) is 17. The van der Waals surface area contributed by atoms with E-state index in [1.807, 2.05) is 0 Å². The number of hydrogen-bond acceptors (Lipinski definition) is 1. The molecule has 0 aliphatic heterocycles. The molecule has 1 rings (SSSR count). The summed E-state index contributed by atoms with van der Waals surface area (Å²) in [7, 11) is 0. The molecule has 0 saturated carbocycles. The second-order valence-corrected chi connectivity index (χ2v) is 9.63. The Hall–Kier alpha value is -0.820. The molecule has 31 heavy (non-hydrogen) atoms. The van der Waals surface area contributed by atoms with Gasteiger partial charge in [-0.1, -0.05) is 147 Å². The molecule has 0 atom stereocenters. The Morgan fingerprint density at radius 3 is 1.19 bits per heavy atom. The lowest BCUT2D eigenvalue weighted by molar-refractivity contribution is 0.295. The van der Waals surface area contributed by atoms with Crippen molar-refractivity contribution in [2.24, 2.45) is 0 Å². The largest absolute Gasteiger partial charge is 0.304 e. The van der Waals surface area contributed by atoms with E-state index >= 15 is 0 Å². The summed E-state index contributed by atoms with van der Waals surface area (Å²) < 4.78 is 0. The van der Waals surface area contributed by atoms with Crippen LogP contribution in [0.25, 0.3) is 0 Å². The van der Waals surface area contributed by atoms with E-state index in [9.17, 15) is 0 Å². The van der Waals surface area contributed by atoms with Gasteiger partial charge in [0.1, 0.15) is 0 Å². The van der Waals surface area contributed by atoms with Gasteiger partial charge in [0.05, 0.1) is 0 Å². The lowest BCUT2D eigenvalue weighted by atomic mass is 10.0. The molecule has 0 radical (unpaired) electrons. The average Bonchev–Trinajstić information content (AvgIpc) is 2.81. The molecule has 180 valence electrons. The molecule has 1 aromatic carbocycles. The topological polar surface area (TPSA) is 3.24 Å². The molecule has 0 fully saturated rings. The normalized spacial score (nSPS) is 11.5. The maximum Gasteiger partial charge on any atom is -0.00190 e. The van der Waals surface area contributed by atoms with Crippen LogP contribution >= 0.6 is 0 Å². The first-order valence-electron chi connectivity index (χ1n) is 14.1. The Morgan fingerprint density at radius 2 is 0.806 bits per heavy atom. The second-order valence-electron chi connectivity index (χ2n) is 9.63. The van der Waals surface area contributed by atoms with Crippen molar-refractivity contribution in [1.29, 1.82) is 0 Å². The van der Waals surface area contributed by atoms with E-state index in [4.69, 9.17) is 0 Å². The zero-order chi connectivity index (χ0) is 22.2. The number of hydrogen-bond donors (Lipinski definition) is 0. The van der Waals surface area contributed by atoms with E-state index in [0.29, 0.717) is 0 Å². The molecule has 0 amide bonds. The molecule has 0 bridgehead atoms. The Labute approximate surface area is 196 Å². The molecule has 0 aromatic heterocycles. The van der Waals surface area contributed by atoms with Gasteiger partial charge in [0.25, 0.3) is 0 Å². The highest BCUT2D eigenvalue weighted by molar-refractivity contribution is 5.14. The molecule has 0 aliphatic rings. The first-order valence-corrected chi connectivity index (χ1v) is 14.1. The highest BCUT2D eigenvalue weighted by Crippen LogP contribution is 2.15. The Morgan fingerprint density at radius 1 is 0.452 bits per heavy atom. The lowest BCUT2D eigenvalue weighted by Crippen LogP contribution is -2.23. The molecule has 0 spiro atoms. The predicted molar refractivity (Wildman–Crippen MR) is 141 cm³/mol. The maximum atomic E-state index is 2.55. The van der Waals surface area contributed by atoms with Crippen LogP contribution in [0.5, 0.6) is 0 Å². The summed E-state index contributed by atoms with van der Waals surface area (Å²) in [6.07, 6.45) is 27.4. The van der Waals surface area contributed by atoms with Crippen molar-refractivity contribution in [3.63, 3.8) is 0 Å². The molecule has 0 aliphatic carbocycles. The fraction of sp³-hybridized carbons (Fsp3) is 0.800. The standard InChI is InChI=1S/C30H55N/c1-3-31(4-2)29-25-20-18-16-14-12-10-8-6-5-7-9-11-13-15-17-19-22-26-30-27-23-21-24-28-30/h21,23-24,27-28H,3-20,22,25-26,29H2,1-2H3. The summed E-state index contributed by atoms with van der Waals surface area (Å²) >= 11 is 0. The quantitative estimate of drug-likeness (QED) is 0.156. The zero-order valence-corrected chi connectivity index (χ0v) is 21.4. The summed E-state index contributed by atoms with van der Waals surface area (Å²) in [4.78, 5) is 2.55. The first kappa shape index (κ1) is 28.2. The van der Waals surface area contributed by atoms with Crippen LogP contribution in [0.2, 0.25) is 0 Å². The van der Waals surface area contributed by atoms with Gasteiger partial charge in [0.15, 0.2) is 0 Å². The molecule has 1 heteroatoms. The van der Waals surface area contributed by atoms with Crippen molar-refractivity contribution in [3.8, 4) is 0 Å². The summed E-state index contributed by atoms with van der Waals surface area (Å²) in [5, 5.41) is 0. The van der Waals surface area contributed by atoms with Crippen LogP contribution in [0.4, 0.5) is 0 Å². The highest BCUT2D eigenvalue weighted by Gasteiger charge is 1.99. The zero-order valence-electron chi connectivity index (χ0n) is 21.4. The number of aryl methyl sites for hydroxylation is 1. The summed E-state index contributed by atoms with van der Waals surface area (Å²) in [5.41, 5.74) is 1.50. The van der Waals surface area contributed by atoms with Crippen molar-refractivity contribution in [2.75, 3.05) is 19.6 Å². The van der Waals surface area contributed by atoms with Gasteiger partial charge in [0, 0.05) is 0 Å². The van der Waals surface area contributed by atoms with Gasteiger partial charge in [-0.25, -0.2) is 0 Å². The predicted octanol–water partition coefficient (Wildman–Crippen LogP) is 9.59. The molecule has 0 unspecified atom stereocenters. The van der Waals surface area contributed by atoms with Gasteiger partial charge >= 0.3 is 0 Å². The number of benzene rings is 1. The molecule has 0 saturated heterocycles. The van der Waals surface area contributed by atoms with Crippen LogP contribution in [0.15, 0.2) is 30.3 Å². The lowest BCUT2D eigenvalue weighted by Gasteiger charge is -2.17. The van der Waals surface area contributed by atoms with Crippen molar-refractivity contribution in [1.82, 2.24) is 4.90 Å². The molecular formula is C30H55N. The van der Waals surface area contributed by atoms with Crippen molar-refractivity contribution in [2.45, 2.75) is 136 Å². The van der Waals surface area contributed by atoms with Gasteiger partial charge in [-0.2, -0.15) is 0 Å². The first-order chi connectivity index (χ1) is 15.4. The number of nitrogens with zero attached hydrogens (tertiary/aromatic N) is 1. The Kier molecular flexibility index (Phi) is 20.4. The minimum atomic E-state index is 1.21. The molecule has 1 nitrogen and oxygen atoms in total. The van der Waals surface area contributed by atoms with Crippen LogP contribution in [0, 0.1) is 0 Å². The van der Waals surface area contributed by atoms with Gasteiger partial charge in [-0.05, 0) is 44.5 Å². The highest BCUT2D eigenvalue weighted by atomic mass is 15.1. The monoisotopic (exact) mass is 429 g/mol. The summed E-state index contributed by atoms with van der Waals surface area (Å²) in [5.74, 6) is 0. The van der Waals surface area contributed by atoms with Crippen molar-refractivity contribution in [3.05, 3.63) is 35.9 Å². The minimum Gasteiger partial charge on any atom is -0.304 e. The third kappa shape index (κ3) is 18.5. The fourth-order valence-electron chi connectivity index (χ4n) is 4.68. The van der Waals surface area contributed by atoms with Crippen LogP contribution < -0.4 is 0 Å². The molecular weight excluding hydrogens is 374 g/mol. The molecule has 0 heterocycles. The van der Waals surface area contributed by atoms with Gasteiger partial charge in [-0.15, -0.1) is 0 Å². The summed E-state index contributed by atoms with van der Waals surface area (Å²) in [6, 6.07) is 11.0. The van der Waals surface area contributed by atoms with E-state index in [1.165, 1.54) is 147 Å². The SMILES string of the molecule is CCN(CC)CCCCCCCCCCCCCCCCCCCCc1ccccc1. The third-order valence-corrected chi connectivity index (χ3v) is 6.93. The molecule has 1 aromatic rings. The van der Waals surface area contributed by atoms with Crippen LogP contribution in [-0.4, -0.2) is 24.5 Å². The second kappa shape index (κ2) is 22.4. The van der Waals surface area contributed by atoms with Gasteiger partial charge in [0.2, 0.25) is 0 Å². The van der Waals surface area contributed by atoms with Crippen LogP contribution in [0.3, 0.4) is 0 Å². The van der Waals surface area contributed by atoms with Crippen LogP contribution in [-0.2, 0) is 6.42 Å². The van der Waals surface area contributed by atoms with Crippen LogP contribution in [0.1, 0.15) is 135 Å². The maximum absolute atomic E-state index is 2.55. The van der Waals surface area contributed by atoms with E-state index in [-0.39, 0.29) is 0 Å². The number of rotatable bonds is 23. The van der Waals surface area contributed by atoms with E-state index in [2.05, 4.69) is 49.1 Å². The minimum absolute atomic E-state index is 1.21. The van der Waals surface area contributed by atoms with E-state index in [1.54, 1.807) is 0 Å². The molecule has 0 N–H and O–H groups in total. The third-order valence-electron chi connectivity index (χ3n) is 6.93. The van der Waals surface area contributed by atoms with Gasteiger partial charge in [-0.3, -0.25) is 0 Å². The van der Waals surface area contributed by atoms with Crippen molar-refractivity contribution < 1.29 is 0 Å². The van der Waals surface area contributed by atoms with Crippen molar-refractivity contribution >= 4 is 0 Å². The fourth-order valence-corrected chi connectivity index (χ4v) is 4.68. The van der Waals surface area contributed by atoms with E-state index < -0.39 is 0 Å². The average molecular weight is 430 g/mol. The summed E-state index contributed by atoms with van der Waals surface area (Å²) in [6.45, 7) is 8.29. The van der Waals surface area contributed by atoms with Gasteiger partial charge < -0.3 is 4.90 Å². The van der Waals surface area contributed by atoms with E-state index in [0.717, 1.165) is 0 Å².